The van der Waals surface area contributed by atoms with E-state index in [1.807, 2.05) is 0 Å². The molecule has 0 aromatic heterocycles. The second-order valence-electron chi connectivity index (χ2n) is 10.6. The molecule has 0 unspecified atom stereocenters. The van der Waals surface area contributed by atoms with Gasteiger partial charge in [-0.3, -0.25) is 14.4 Å². The van der Waals surface area contributed by atoms with Crippen molar-refractivity contribution >= 4 is 17.5 Å². The van der Waals surface area contributed by atoms with Gasteiger partial charge < -0.3 is 35.2 Å². The Bertz CT molecular complexity index is 1420. The Labute approximate surface area is 225 Å². The first kappa shape index (κ1) is 28.0. The number of nitrogens with one attached hydrogen (secondary N) is 1. The summed E-state index contributed by atoms with van der Waals surface area (Å²) in [5, 5.41) is 45.6. The van der Waals surface area contributed by atoms with Crippen molar-refractivity contribution in [3.63, 3.8) is 0 Å². The van der Waals surface area contributed by atoms with E-state index >= 15 is 0 Å². The predicted octanol–water partition coefficient (Wildman–Crippen LogP) is 2.17. The molecule has 1 amide bonds. The van der Waals surface area contributed by atoms with Gasteiger partial charge >= 0.3 is 12.1 Å². The van der Waals surface area contributed by atoms with Crippen LogP contribution in [0, 0.1) is 0 Å². The summed E-state index contributed by atoms with van der Waals surface area (Å²) >= 11 is 0. The van der Waals surface area contributed by atoms with Gasteiger partial charge in [-0.1, -0.05) is 24.3 Å². The Hall–Kier alpha value is -3.52. The van der Waals surface area contributed by atoms with Gasteiger partial charge in [-0.25, -0.2) is 0 Å². The fourth-order valence-electron chi connectivity index (χ4n) is 5.69. The minimum Gasteiger partial charge on any atom is -0.507 e. The molecule has 13 heteroatoms. The highest BCUT2D eigenvalue weighted by Crippen LogP contribution is 2.51. The van der Waals surface area contributed by atoms with Crippen molar-refractivity contribution in [3.05, 3.63) is 57.6 Å². The normalized spacial score (nSPS) is 29.8. The summed E-state index contributed by atoms with van der Waals surface area (Å²) in [6.07, 6.45) is -11.2. The highest BCUT2D eigenvalue weighted by Gasteiger charge is 2.47. The Morgan fingerprint density at radius 3 is 2.25 bits per heavy atom. The zero-order chi connectivity index (χ0) is 29.3. The highest BCUT2D eigenvalue weighted by molar-refractivity contribution is 6.30. The summed E-state index contributed by atoms with van der Waals surface area (Å²) in [5.74, 6) is -4.90. The van der Waals surface area contributed by atoms with Crippen molar-refractivity contribution in [2.45, 2.75) is 75.5 Å². The predicted molar refractivity (Wildman–Crippen MR) is 129 cm³/mol. The molecule has 214 valence electrons. The summed E-state index contributed by atoms with van der Waals surface area (Å²) in [6, 6.07) is 4.50. The zero-order valence-corrected chi connectivity index (χ0v) is 21.3. The number of alkyl halides is 3. The number of aromatic hydroxyl groups is 2. The molecule has 1 aliphatic heterocycles. The van der Waals surface area contributed by atoms with Crippen molar-refractivity contribution in [3.8, 4) is 11.5 Å². The molecule has 1 saturated heterocycles. The summed E-state index contributed by atoms with van der Waals surface area (Å²) in [6.45, 7) is 2.78. The van der Waals surface area contributed by atoms with Gasteiger partial charge in [0.15, 0.2) is 17.9 Å². The van der Waals surface area contributed by atoms with Gasteiger partial charge in [0, 0.05) is 41.5 Å². The van der Waals surface area contributed by atoms with Gasteiger partial charge in [0.25, 0.3) is 0 Å². The average molecular weight is 565 g/mol. The number of rotatable bonds is 3. The number of hydrogen-bond acceptors (Lipinski definition) is 9. The maximum Gasteiger partial charge on any atom is 0.471 e. The topological polar surface area (TPSA) is 163 Å². The van der Waals surface area contributed by atoms with Crippen molar-refractivity contribution in [1.29, 1.82) is 0 Å². The van der Waals surface area contributed by atoms with Crippen LogP contribution in [0.25, 0.3) is 0 Å². The Morgan fingerprint density at radius 2 is 1.68 bits per heavy atom. The van der Waals surface area contributed by atoms with E-state index in [9.17, 15) is 48.0 Å². The molecular weight excluding hydrogens is 539 g/mol. The van der Waals surface area contributed by atoms with Crippen LogP contribution < -0.4 is 5.32 Å². The van der Waals surface area contributed by atoms with Gasteiger partial charge in [0.05, 0.1) is 35.0 Å². The smallest absolute Gasteiger partial charge is 0.471 e. The molecule has 2 aromatic carbocycles. The first-order valence-electron chi connectivity index (χ1n) is 12.5. The number of amides is 1. The molecule has 0 spiro atoms. The molecule has 5 rings (SSSR count). The lowest BCUT2D eigenvalue weighted by molar-refractivity contribution is -0.250. The first-order chi connectivity index (χ1) is 18.6. The molecule has 2 aliphatic carbocycles. The number of halogens is 3. The monoisotopic (exact) mass is 565 g/mol. The van der Waals surface area contributed by atoms with Crippen LogP contribution in [0.2, 0.25) is 0 Å². The minimum absolute atomic E-state index is 0.0246. The molecule has 1 heterocycles. The van der Waals surface area contributed by atoms with E-state index in [4.69, 9.17) is 9.47 Å². The number of hydrogen-bond donors (Lipinski definition) is 5. The lowest BCUT2D eigenvalue weighted by atomic mass is 9.73. The molecule has 3 aliphatic rings. The maximum absolute atomic E-state index is 13.3. The molecule has 0 radical (unpaired) electrons. The minimum atomic E-state index is -5.19. The number of phenolic OH excluding ortho intramolecular Hbond substituents is 2. The van der Waals surface area contributed by atoms with Crippen molar-refractivity contribution in [1.82, 2.24) is 5.32 Å². The first-order valence-corrected chi connectivity index (χ1v) is 12.5. The van der Waals surface area contributed by atoms with Crippen LogP contribution in [0.5, 0.6) is 11.5 Å². The van der Waals surface area contributed by atoms with E-state index in [0.29, 0.717) is 0 Å². The number of phenols is 2. The summed E-state index contributed by atoms with van der Waals surface area (Å²) in [7, 11) is 0. The second kappa shape index (κ2) is 9.54. The van der Waals surface area contributed by atoms with Gasteiger partial charge in [-0.2, -0.15) is 13.2 Å². The van der Waals surface area contributed by atoms with Crippen molar-refractivity contribution < 1.29 is 57.5 Å². The van der Waals surface area contributed by atoms with Gasteiger partial charge in [0.2, 0.25) is 0 Å². The van der Waals surface area contributed by atoms with Gasteiger partial charge in [-0.05, 0) is 13.8 Å². The number of aliphatic hydroxyl groups excluding tert-OH is 1. The molecular formula is C27H26F3NO9. The third kappa shape index (κ3) is 4.62. The number of benzene rings is 2. The lowest BCUT2D eigenvalue weighted by Crippen LogP contribution is -2.57. The largest absolute Gasteiger partial charge is 0.507 e. The number of carbonyl (C=O) groups is 3. The van der Waals surface area contributed by atoms with Crippen molar-refractivity contribution in [2.75, 3.05) is 0 Å². The van der Waals surface area contributed by atoms with E-state index in [1.165, 1.54) is 32.0 Å². The van der Waals surface area contributed by atoms with Crippen LogP contribution in [0.4, 0.5) is 13.2 Å². The third-order valence-electron chi connectivity index (χ3n) is 7.56. The van der Waals surface area contributed by atoms with E-state index < -0.39 is 88.9 Å². The molecule has 5 N–H and O–H groups in total. The fourth-order valence-corrected chi connectivity index (χ4v) is 5.69. The average Bonchev–Trinajstić information content (AvgIpc) is 2.86. The van der Waals surface area contributed by atoms with Crippen LogP contribution in [0.1, 0.15) is 75.8 Å². The van der Waals surface area contributed by atoms with Crippen LogP contribution in [-0.2, 0) is 20.7 Å². The van der Waals surface area contributed by atoms with Crippen LogP contribution in [-0.4, -0.2) is 74.2 Å². The standard InChI is InChI=1S/C27H26F3NO9/c1-10-20(32)14(31-25(37)27(28,29)30)7-16(39-10)40-15-9-26(2,38)8-13-17(15)24(36)19-18(23(13)35)21(33)11-5-3-4-6-12(11)22(19)34/h3-6,10,14-16,20,32,35-36,38H,7-9H2,1-2H3,(H,31,37)/t10-,14-,15-,16-,20+,26-/m0/s1. The summed E-state index contributed by atoms with van der Waals surface area (Å²) < 4.78 is 50.1. The Balaban J connectivity index is 1.53. The molecule has 6 atom stereocenters. The molecule has 10 nitrogen and oxygen atoms in total. The van der Waals surface area contributed by atoms with E-state index in [0.717, 1.165) is 0 Å². The van der Waals surface area contributed by atoms with E-state index in [2.05, 4.69) is 0 Å². The number of fused-ring (bicyclic) bond motifs is 3. The zero-order valence-electron chi connectivity index (χ0n) is 21.3. The van der Waals surface area contributed by atoms with Gasteiger partial charge in [-0.15, -0.1) is 0 Å². The molecule has 2 aromatic rings. The summed E-state index contributed by atoms with van der Waals surface area (Å²) in [5.41, 5.74) is -2.43. The Kier molecular flexibility index (Phi) is 6.69. The number of aliphatic hydroxyl groups is 2. The van der Waals surface area contributed by atoms with E-state index in [1.54, 1.807) is 11.4 Å². The second-order valence-corrected chi connectivity index (χ2v) is 10.6. The lowest BCUT2D eigenvalue weighted by Gasteiger charge is -2.42. The number of ketones is 2. The SMILES string of the molecule is C[C@@H]1O[C@@H](O[C@H]2C[C@@](C)(O)Cc3c(O)c4c(c(O)c32)C(=O)c2ccccc2C4=O)C[C@H](NC(=O)C(F)(F)F)[C@@H]1O. The Morgan fingerprint density at radius 1 is 1.10 bits per heavy atom. The summed E-state index contributed by atoms with van der Waals surface area (Å²) in [4.78, 5) is 38.1. The number of ether oxygens (including phenoxy) is 2. The third-order valence-corrected chi connectivity index (χ3v) is 7.56. The van der Waals surface area contributed by atoms with Crippen molar-refractivity contribution in [2.24, 2.45) is 0 Å². The highest BCUT2D eigenvalue weighted by atomic mass is 19.4. The van der Waals surface area contributed by atoms with E-state index in [-0.39, 0.29) is 35.1 Å². The number of carbonyl (C=O) groups excluding carboxylic acids is 3. The molecule has 1 fully saturated rings. The molecule has 0 bridgehead atoms. The van der Waals surface area contributed by atoms with Gasteiger partial charge in [0.1, 0.15) is 17.6 Å². The maximum atomic E-state index is 13.3. The van der Waals surface area contributed by atoms with Crippen LogP contribution in [0.15, 0.2) is 24.3 Å². The quantitative estimate of drug-likeness (QED) is 0.300. The van der Waals surface area contributed by atoms with Crippen LogP contribution in [0.3, 0.4) is 0 Å². The molecule has 0 saturated carbocycles. The molecule has 40 heavy (non-hydrogen) atoms. The fraction of sp³-hybridized carbons (Fsp3) is 0.444. The van der Waals surface area contributed by atoms with Crippen LogP contribution >= 0.6 is 0 Å².